The van der Waals surface area contributed by atoms with E-state index in [4.69, 9.17) is 13.9 Å². The molecule has 1 fully saturated rings. The third-order valence-electron chi connectivity index (χ3n) is 4.40. The van der Waals surface area contributed by atoms with Crippen molar-refractivity contribution in [2.75, 3.05) is 24.8 Å². The van der Waals surface area contributed by atoms with Gasteiger partial charge in [-0.3, -0.25) is 0 Å². The Labute approximate surface area is 138 Å². The fourth-order valence-electron chi connectivity index (χ4n) is 3.16. The number of hydrogen-bond donors (Lipinski definition) is 0. The molecule has 0 radical (unpaired) electrons. The minimum Gasteiger partial charge on any atom is -0.454 e. The van der Waals surface area contributed by atoms with Gasteiger partial charge in [0.05, 0.1) is 5.69 Å². The highest BCUT2D eigenvalue weighted by Gasteiger charge is 2.21. The number of piperidine rings is 1. The summed E-state index contributed by atoms with van der Waals surface area (Å²) in [6.45, 7) is 1.88. The molecule has 1 aromatic heterocycles. The number of benzene rings is 1. The second-order valence-electron chi connectivity index (χ2n) is 5.89. The van der Waals surface area contributed by atoms with E-state index in [1.165, 1.54) is 6.42 Å². The number of nitrogens with zero attached hydrogens (tertiary/aromatic N) is 2. The first-order valence-corrected chi connectivity index (χ1v) is 7.99. The fourth-order valence-corrected chi connectivity index (χ4v) is 3.16. The summed E-state index contributed by atoms with van der Waals surface area (Å²) < 4.78 is 16.1. The van der Waals surface area contributed by atoms with Gasteiger partial charge in [-0.1, -0.05) is 0 Å². The summed E-state index contributed by atoms with van der Waals surface area (Å²) in [6, 6.07) is 9.16. The minimum absolute atomic E-state index is 0.0707. The van der Waals surface area contributed by atoms with Crippen LogP contribution in [0.1, 0.15) is 24.8 Å². The van der Waals surface area contributed by atoms with Crippen LogP contribution in [-0.2, 0) is 0 Å². The highest BCUT2D eigenvalue weighted by molar-refractivity contribution is 5.69. The topological polar surface area (TPSA) is 75.7 Å². The van der Waals surface area contributed by atoms with Crippen molar-refractivity contribution in [1.29, 1.82) is 5.26 Å². The second kappa shape index (κ2) is 5.93. The third kappa shape index (κ3) is 2.48. The molecule has 2 aliphatic rings. The minimum atomic E-state index is -0.603. The summed E-state index contributed by atoms with van der Waals surface area (Å²) >= 11 is 0. The monoisotopic (exact) mass is 324 g/mol. The molecular formula is C18H16N2O4. The lowest BCUT2D eigenvalue weighted by atomic mass is 10.1. The number of fused-ring (bicyclic) bond motifs is 1. The largest absolute Gasteiger partial charge is 0.454 e. The van der Waals surface area contributed by atoms with Gasteiger partial charge in [-0.05, 0) is 37.5 Å². The fraction of sp³-hybridized carbons (Fsp3) is 0.333. The van der Waals surface area contributed by atoms with E-state index in [-0.39, 0.29) is 12.4 Å². The highest BCUT2D eigenvalue weighted by Crippen LogP contribution is 2.36. The van der Waals surface area contributed by atoms with Crippen molar-refractivity contribution in [2.24, 2.45) is 0 Å². The molecule has 1 saturated heterocycles. The number of nitriles is 1. The molecule has 24 heavy (non-hydrogen) atoms. The van der Waals surface area contributed by atoms with E-state index in [9.17, 15) is 10.1 Å². The SMILES string of the molecule is N#Cc1c(N2CCCCC2)cc(-c2ccc3c(c2)OCO3)oc1=O. The Balaban J connectivity index is 1.80. The average molecular weight is 324 g/mol. The Morgan fingerprint density at radius 3 is 2.62 bits per heavy atom. The molecule has 2 aliphatic heterocycles. The van der Waals surface area contributed by atoms with Crippen molar-refractivity contribution in [1.82, 2.24) is 0 Å². The molecule has 0 amide bonds. The third-order valence-corrected chi connectivity index (χ3v) is 4.40. The van der Waals surface area contributed by atoms with Crippen molar-refractivity contribution in [3.8, 4) is 28.9 Å². The van der Waals surface area contributed by atoms with Crippen molar-refractivity contribution in [3.63, 3.8) is 0 Å². The van der Waals surface area contributed by atoms with Crippen molar-refractivity contribution >= 4 is 5.69 Å². The Bertz CT molecular complexity index is 876. The van der Waals surface area contributed by atoms with E-state index in [0.29, 0.717) is 22.9 Å². The Kier molecular flexibility index (Phi) is 3.62. The molecule has 0 aliphatic carbocycles. The van der Waals surface area contributed by atoms with Gasteiger partial charge in [-0.15, -0.1) is 0 Å². The molecule has 3 heterocycles. The van der Waals surface area contributed by atoms with Gasteiger partial charge >= 0.3 is 5.63 Å². The highest BCUT2D eigenvalue weighted by atomic mass is 16.7. The van der Waals surface area contributed by atoms with Crippen LogP contribution >= 0.6 is 0 Å². The predicted molar refractivity (Wildman–Crippen MR) is 87.3 cm³/mol. The van der Waals surface area contributed by atoms with Gasteiger partial charge in [0.15, 0.2) is 17.1 Å². The van der Waals surface area contributed by atoms with Gasteiger partial charge in [-0.2, -0.15) is 5.26 Å². The maximum absolute atomic E-state index is 12.3. The Morgan fingerprint density at radius 2 is 1.83 bits per heavy atom. The first-order valence-electron chi connectivity index (χ1n) is 7.99. The van der Waals surface area contributed by atoms with E-state index in [1.54, 1.807) is 18.2 Å². The van der Waals surface area contributed by atoms with Crippen LogP contribution in [-0.4, -0.2) is 19.9 Å². The van der Waals surface area contributed by atoms with Crippen molar-refractivity contribution < 1.29 is 13.9 Å². The van der Waals surface area contributed by atoms with Gasteiger partial charge in [-0.25, -0.2) is 4.79 Å². The molecule has 6 heteroatoms. The molecule has 0 saturated carbocycles. The second-order valence-corrected chi connectivity index (χ2v) is 5.89. The maximum Gasteiger partial charge on any atom is 0.356 e. The van der Waals surface area contributed by atoms with Crippen molar-refractivity contribution in [3.05, 3.63) is 40.2 Å². The van der Waals surface area contributed by atoms with E-state index in [0.717, 1.165) is 31.5 Å². The van der Waals surface area contributed by atoms with Crippen LogP contribution in [0.2, 0.25) is 0 Å². The van der Waals surface area contributed by atoms with E-state index in [2.05, 4.69) is 4.90 Å². The number of hydrogen-bond acceptors (Lipinski definition) is 6. The van der Waals surface area contributed by atoms with E-state index in [1.807, 2.05) is 12.1 Å². The molecule has 0 spiro atoms. The average Bonchev–Trinajstić information content (AvgIpc) is 3.09. The zero-order valence-corrected chi connectivity index (χ0v) is 13.1. The van der Waals surface area contributed by atoms with Gasteiger partial charge in [0.2, 0.25) is 6.79 Å². The molecule has 0 atom stereocenters. The summed E-state index contributed by atoms with van der Waals surface area (Å²) in [5.74, 6) is 1.72. The normalized spacial score (nSPS) is 16.0. The van der Waals surface area contributed by atoms with Crippen LogP contribution in [0.3, 0.4) is 0 Å². The zero-order valence-electron chi connectivity index (χ0n) is 13.1. The van der Waals surface area contributed by atoms with Crippen LogP contribution in [0.5, 0.6) is 11.5 Å². The number of ether oxygens (including phenoxy) is 2. The van der Waals surface area contributed by atoms with Crippen LogP contribution in [0.15, 0.2) is 33.5 Å². The Morgan fingerprint density at radius 1 is 1.04 bits per heavy atom. The maximum atomic E-state index is 12.3. The summed E-state index contributed by atoms with van der Waals surface area (Å²) in [5, 5.41) is 9.35. The first-order chi connectivity index (χ1) is 11.8. The smallest absolute Gasteiger partial charge is 0.356 e. The van der Waals surface area contributed by atoms with Gasteiger partial charge < -0.3 is 18.8 Å². The van der Waals surface area contributed by atoms with Crippen LogP contribution < -0.4 is 20.0 Å². The molecule has 0 unspecified atom stereocenters. The quantitative estimate of drug-likeness (QED) is 0.845. The molecule has 2 aromatic rings. The Hall–Kier alpha value is -2.94. The molecule has 122 valence electrons. The van der Waals surface area contributed by atoms with E-state index >= 15 is 0 Å². The molecule has 1 aromatic carbocycles. The zero-order chi connectivity index (χ0) is 16.5. The van der Waals surface area contributed by atoms with Gasteiger partial charge in [0.1, 0.15) is 11.8 Å². The molecule has 0 N–H and O–H groups in total. The standard InChI is InChI=1S/C18H16N2O4/c19-10-13-14(20-6-2-1-3-7-20)9-16(24-18(13)21)12-4-5-15-17(8-12)23-11-22-15/h4-5,8-9H,1-3,6-7,11H2. The number of anilines is 1. The lowest BCUT2D eigenvalue weighted by molar-refractivity contribution is 0.174. The molecule has 0 bridgehead atoms. The molecule has 4 rings (SSSR count). The summed E-state index contributed by atoms with van der Waals surface area (Å²) in [6.07, 6.45) is 3.30. The van der Waals surface area contributed by atoms with Crippen LogP contribution in [0, 0.1) is 11.3 Å². The summed E-state index contributed by atoms with van der Waals surface area (Å²) in [7, 11) is 0. The molecular weight excluding hydrogens is 308 g/mol. The van der Waals surface area contributed by atoms with Gasteiger partial charge in [0, 0.05) is 24.7 Å². The van der Waals surface area contributed by atoms with Crippen LogP contribution in [0.4, 0.5) is 5.69 Å². The first kappa shape index (κ1) is 14.6. The summed E-state index contributed by atoms with van der Waals surface area (Å²) in [4.78, 5) is 14.4. The lowest BCUT2D eigenvalue weighted by Gasteiger charge is -2.29. The molecule has 6 nitrogen and oxygen atoms in total. The summed E-state index contributed by atoms with van der Waals surface area (Å²) in [5.41, 5.74) is 0.842. The van der Waals surface area contributed by atoms with Crippen LogP contribution in [0.25, 0.3) is 11.3 Å². The van der Waals surface area contributed by atoms with E-state index < -0.39 is 5.63 Å². The predicted octanol–water partition coefficient (Wildman–Crippen LogP) is 2.90. The van der Waals surface area contributed by atoms with Crippen molar-refractivity contribution in [2.45, 2.75) is 19.3 Å². The number of rotatable bonds is 2. The lowest BCUT2D eigenvalue weighted by Crippen LogP contribution is -2.31. The van der Waals surface area contributed by atoms with Gasteiger partial charge in [0.25, 0.3) is 0 Å².